The van der Waals surface area contributed by atoms with Crippen molar-refractivity contribution in [2.24, 2.45) is 0 Å². The average molecular weight is 436 g/mol. The number of aromatic amines is 1. The Morgan fingerprint density at radius 3 is 2.53 bits per heavy atom. The van der Waals surface area contributed by atoms with Crippen LogP contribution in [0, 0.1) is 0 Å². The van der Waals surface area contributed by atoms with Gasteiger partial charge in [-0.2, -0.15) is 23.4 Å². The quantitative estimate of drug-likeness (QED) is 0.430. The van der Waals surface area contributed by atoms with E-state index in [1.54, 1.807) is 16.9 Å². The average Bonchev–Trinajstić information content (AvgIpc) is 3.48. The van der Waals surface area contributed by atoms with Crippen LogP contribution in [0.25, 0.3) is 16.7 Å². The van der Waals surface area contributed by atoms with Gasteiger partial charge in [-0.3, -0.25) is 5.10 Å². The fourth-order valence-electron chi connectivity index (χ4n) is 3.41. The molecule has 2 N–H and O–H groups in total. The molecule has 0 bridgehead atoms. The van der Waals surface area contributed by atoms with Gasteiger partial charge in [-0.1, -0.05) is 30.3 Å². The molecule has 2 aromatic carbocycles. The summed E-state index contributed by atoms with van der Waals surface area (Å²) in [6.07, 6.45) is -0.203. The lowest BCUT2D eigenvalue weighted by Gasteiger charge is -2.19. The van der Waals surface area contributed by atoms with Crippen LogP contribution in [0.1, 0.15) is 23.0 Å². The van der Waals surface area contributed by atoms with Gasteiger partial charge in [0.05, 0.1) is 22.8 Å². The second-order valence-corrected chi connectivity index (χ2v) is 6.92. The number of para-hydroxylation sites is 1. The van der Waals surface area contributed by atoms with E-state index < -0.39 is 17.8 Å². The van der Waals surface area contributed by atoms with Crippen molar-refractivity contribution in [1.82, 2.24) is 34.9 Å². The van der Waals surface area contributed by atoms with Crippen LogP contribution in [0.4, 0.5) is 19.0 Å². The minimum atomic E-state index is -4.47. The summed E-state index contributed by atoms with van der Waals surface area (Å²) in [6, 6.07) is 13.7. The number of fused-ring (bicyclic) bond motifs is 1. The maximum atomic E-state index is 13.3. The second kappa shape index (κ2) is 7.76. The van der Waals surface area contributed by atoms with E-state index >= 15 is 0 Å². The molecular weight excluding hydrogens is 421 g/mol. The van der Waals surface area contributed by atoms with Gasteiger partial charge in [-0.15, -0.1) is 0 Å². The number of anilines is 1. The van der Waals surface area contributed by atoms with Crippen molar-refractivity contribution >= 4 is 16.9 Å². The molecule has 11 heteroatoms. The van der Waals surface area contributed by atoms with Gasteiger partial charge in [-0.05, 0) is 29.8 Å². The molecule has 0 saturated carbocycles. The van der Waals surface area contributed by atoms with Crippen LogP contribution in [-0.4, -0.2) is 34.9 Å². The van der Waals surface area contributed by atoms with E-state index in [4.69, 9.17) is 0 Å². The largest absolute Gasteiger partial charge is 0.416 e. The molecule has 0 saturated heterocycles. The van der Waals surface area contributed by atoms with Gasteiger partial charge >= 0.3 is 6.18 Å². The van der Waals surface area contributed by atoms with E-state index in [0.29, 0.717) is 28.2 Å². The van der Waals surface area contributed by atoms with Crippen molar-refractivity contribution < 1.29 is 13.2 Å². The molecule has 160 valence electrons. The number of hydrogen-bond donors (Lipinski definition) is 2. The van der Waals surface area contributed by atoms with Crippen LogP contribution >= 0.6 is 0 Å². The first kappa shape index (κ1) is 19.7. The third-order valence-corrected chi connectivity index (χ3v) is 4.90. The molecule has 0 fully saturated rings. The molecule has 1 atom stereocenters. The van der Waals surface area contributed by atoms with Crippen molar-refractivity contribution in [3.8, 4) is 5.69 Å². The Labute approximate surface area is 179 Å². The summed E-state index contributed by atoms with van der Waals surface area (Å²) in [5.74, 6) is 0.738. The highest BCUT2D eigenvalue weighted by atomic mass is 19.4. The van der Waals surface area contributed by atoms with Crippen LogP contribution in [0.3, 0.4) is 0 Å². The lowest BCUT2D eigenvalue weighted by Crippen LogP contribution is -2.16. The Hall–Kier alpha value is -4.28. The number of alkyl halides is 3. The number of halogens is 3. The number of aromatic nitrogens is 7. The fraction of sp³-hybridized carbons (Fsp3) is 0.0952. The summed E-state index contributed by atoms with van der Waals surface area (Å²) in [5, 5.41) is 14.8. The number of H-pyrrole nitrogens is 1. The SMILES string of the molecule is FC(F)(F)c1cccc(C(Nc2ncnc3c2cnn3-c2ccccc2)c2ncn[nH]2)c1. The number of nitrogens with one attached hydrogen (secondary N) is 2. The zero-order valence-corrected chi connectivity index (χ0v) is 16.3. The normalized spacial score (nSPS) is 12.7. The predicted octanol–water partition coefficient (Wildman–Crippen LogP) is 4.15. The molecular formula is C21H15F3N8. The minimum Gasteiger partial charge on any atom is -0.355 e. The van der Waals surface area contributed by atoms with Gasteiger partial charge in [0.2, 0.25) is 0 Å². The number of hydrogen-bond acceptors (Lipinski definition) is 6. The van der Waals surface area contributed by atoms with Crippen molar-refractivity contribution in [3.05, 3.63) is 90.4 Å². The number of rotatable bonds is 5. The molecule has 3 aromatic heterocycles. The van der Waals surface area contributed by atoms with E-state index in [-0.39, 0.29) is 0 Å². The van der Waals surface area contributed by atoms with Crippen molar-refractivity contribution in [1.29, 1.82) is 0 Å². The molecule has 0 aliphatic heterocycles. The zero-order valence-electron chi connectivity index (χ0n) is 16.3. The highest BCUT2D eigenvalue weighted by molar-refractivity contribution is 5.87. The van der Waals surface area contributed by atoms with Crippen LogP contribution in [0.5, 0.6) is 0 Å². The van der Waals surface area contributed by atoms with Gasteiger partial charge in [-0.25, -0.2) is 19.6 Å². The molecule has 3 heterocycles. The van der Waals surface area contributed by atoms with Crippen LogP contribution in [0.2, 0.25) is 0 Å². The standard InChI is InChI=1S/C21H15F3N8/c22-21(23,24)14-6-4-5-13(9-14)17(19-26-12-28-31-19)30-18-16-10-29-32(20(16)27-11-25-18)15-7-2-1-3-8-15/h1-12,17H,(H,25,27,30)(H,26,28,31). The summed E-state index contributed by atoms with van der Waals surface area (Å²) in [6.45, 7) is 0. The lowest BCUT2D eigenvalue weighted by molar-refractivity contribution is -0.137. The van der Waals surface area contributed by atoms with Gasteiger partial charge < -0.3 is 5.32 Å². The Kier molecular flexibility index (Phi) is 4.77. The maximum absolute atomic E-state index is 13.3. The van der Waals surface area contributed by atoms with Gasteiger partial charge in [0.1, 0.15) is 24.5 Å². The topological polar surface area (TPSA) is 97.2 Å². The third-order valence-electron chi connectivity index (χ3n) is 4.90. The predicted molar refractivity (Wildman–Crippen MR) is 110 cm³/mol. The highest BCUT2D eigenvalue weighted by Gasteiger charge is 2.31. The molecule has 32 heavy (non-hydrogen) atoms. The maximum Gasteiger partial charge on any atom is 0.416 e. The van der Waals surface area contributed by atoms with Crippen molar-refractivity contribution in [2.45, 2.75) is 12.2 Å². The van der Waals surface area contributed by atoms with E-state index in [0.717, 1.165) is 17.8 Å². The van der Waals surface area contributed by atoms with Crippen LogP contribution in [-0.2, 0) is 6.18 Å². The Morgan fingerprint density at radius 2 is 1.78 bits per heavy atom. The van der Waals surface area contributed by atoms with Crippen molar-refractivity contribution in [3.63, 3.8) is 0 Å². The third kappa shape index (κ3) is 3.64. The summed E-state index contributed by atoms with van der Waals surface area (Å²) >= 11 is 0. The van der Waals surface area contributed by atoms with Gasteiger partial charge in [0, 0.05) is 0 Å². The lowest BCUT2D eigenvalue weighted by atomic mass is 10.0. The van der Waals surface area contributed by atoms with Crippen LogP contribution < -0.4 is 5.32 Å². The molecule has 8 nitrogen and oxygen atoms in total. The molecule has 0 spiro atoms. The summed E-state index contributed by atoms with van der Waals surface area (Å²) < 4.78 is 41.5. The summed E-state index contributed by atoms with van der Waals surface area (Å²) in [5.41, 5.74) is 0.954. The molecule has 5 aromatic rings. The second-order valence-electron chi connectivity index (χ2n) is 6.92. The van der Waals surface area contributed by atoms with E-state index in [1.165, 1.54) is 18.7 Å². The van der Waals surface area contributed by atoms with Crippen LogP contribution in [0.15, 0.2) is 73.4 Å². The first-order valence-electron chi connectivity index (χ1n) is 9.54. The van der Waals surface area contributed by atoms with E-state index in [9.17, 15) is 13.2 Å². The Morgan fingerprint density at radius 1 is 0.938 bits per heavy atom. The minimum absolute atomic E-state index is 0.339. The molecule has 0 aliphatic carbocycles. The van der Waals surface area contributed by atoms with Gasteiger partial charge in [0.15, 0.2) is 11.5 Å². The zero-order chi connectivity index (χ0) is 22.1. The molecule has 0 amide bonds. The smallest absolute Gasteiger partial charge is 0.355 e. The first-order valence-corrected chi connectivity index (χ1v) is 9.54. The van der Waals surface area contributed by atoms with E-state index in [2.05, 4.69) is 35.6 Å². The molecule has 5 rings (SSSR count). The Bertz CT molecular complexity index is 1350. The first-order chi connectivity index (χ1) is 15.5. The van der Waals surface area contributed by atoms with Gasteiger partial charge in [0.25, 0.3) is 0 Å². The molecule has 1 unspecified atom stereocenters. The molecule has 0 radical (unpaired) electrons. The fourth-order valence-corrected chi connectivity index (χ4v) is 3.41. The number of nitrogens with zero attached hydrogens (tertiary/aromatic N) is 6. The highest BCUT2D eigenvalue weighted by Crippen LogP contribution is 2.33. The molecule has 0 aliphatic rings. The summed E-state index contributed by atoms with van der Waals surface area (Å²) in [4.78, 5) is 12.8. The monoisotopic (exact) mass is 436 g/mol. The Balaban J connectivity index is 1.58. The summed E-state index contributed by atoms with van der Waals surface area (Å²) in [7, 11) is 0. The van der Waals surface area contributed by atoms with Crippen molar-refractivity contribution in [2.75, 3.05) is 5.32 Å². The van der Waals surface area contributed by atoms with E-state index in [1.807, 2.05) is 30.3 Å². The number of benzene rings is 2.